The first-order valence-electron chi connectivity index (χ1n) is 4.45. The van der Waals surface area contributed by atoms with Crippen LogP contribution in [0.2, 0.25) is 0 Å². The molecule has 0 aromatic carbocycles. The summed E-state index contributed by atoms with van der Waals surface area (Å²) in [5.41, 5.74) is -0.138. The van der Waals surface area contributed by atoms with Crippen molar-refractivity contribution in [2.75, 3.05) is 0 Å². The van der Waals surface area contributed by atoms with Crippen LogP contribution in [0.3, 0.4) is 0 Å². The van der Waals surface area contributed by atoms with Crippen LogP contribution in [0, 0.1) is 10.1 Å². The zero-order valence-electron chi connectivity index (χ0n) is 8.64. The molecule has 0 amide bonds. The minimum absolute atomic E-state index is 0.0944. The van der Waals surface area contributed by atoms with Gasteiger partial charge in [-0.05, 0) is 0 Å². The van der Waals surface area contributed by atoms with Crippen LogP contribution in [0.4, 0.5) is 5.69 Å². The smallest absolute Gasteiger partial charge is 0.356 e. The number of hydrogen-bond acceptors (Lipinski definition) is 5. The number of carbonyl (C=O) groups is 1. The lowest BCUT2D eigenvalue weighted by Crippen LogP contribution is -2.09. The monoisotopic (exact) mass is 237 g/mol. The molecule has 2 rings (SSSR count). The van der Waals surface area contributed by atoms with Gasteiger partial charge in [0.15, 0.2) is 5.69 Å². The van der Waals surface area contributed by atoms with E-state index >= 15 is 0 Å². The number of aromatic nitrogens is 4. The van der Waals surface area contributed by atoms with Gasteiger partial charge in [0, 0.05) is 7.05 Å². The molecule has 0 unspecified atom stereocenters. The van der Waals surface area contributed by atoms with E-state index in [1.54, 1.807) is 0 Å². The Kier molecular flexibility index (Phi) is 2.35. The van der Waals surface area contributed by atoms with Crippen LogP contribution in [-0.4, -0.2) is 35.6 Å². The fourth-order valence-electron chi connectivity index (χ4n) is 1.38. The zero-order valence-corrected chi connectivity index (χ0v) is 8.64. The number of hydrogen-bond donors (Lipinski definition) is 1. The number of aryl methyl sites for hydroxylation is 1. The summed E-state index contributed by atoms with van der Waals surface area (Å²) in [6.07, 6.45) is 3.45. The van der Waals surface area contributed by atoms with E-state index in [0.29, 0.717) is 0 Å². The summed E-state index contributed by atoms with van der Waals surface area (Å²) in [4.78, 5) is 20.9. The molecular formula is C8H7N5O4. The molecule has 2 aromatic heterocycles. The average Bonchev–Trinajstić information content (AvgIpc) is 2.82. The predicted octanol–water partition coefficient (Wildman–Crippen LogP) is 0.212. The maximum atomic E-state index is 11.0. The standard InChI is InChI=1S/C8H7N5O4/c1-11-7(8(14)15)6(3-9-11)12-4-5(2-10-12)13(16)17/h2-4H,1H3,(H,14,15). The van der Waals surface area contributed by atoms with E-state index in [0.717, 1.165) is 21.8 Å². The van der Waals surface area contributed by atoms with Gasteiger partial charge in [-0.15, -0.1) is 0 Å². The second-order valence-corrected chi connectivity index (χ2v) is 3.21. The minimum Gasteiger partial charge on any atom is -0.476 e. The third-order valence-corrected chi connectivity index (χ3v) is 2.15. The highest BCUT2D eigenvalue weighted by Crippen LogP contribution is 2.16. The van der Waals surface area contributed by atoms with Gasteiger partial charge < -0.3 is 5.11 Å². The van der Waals surface area contributed by atoms with Crippen molar-refractivity contribution in [3.8, 4) is 5.69 Å². The summed E-state index contributed by atoms with van der Waals surface area (Å²) in [7, 11) is 1.46. The molecule has 2 heterocycles. The fourth-order valence-corrected chi connectivity index (χ4v) is 1.38. The number of aromatic carboxylic acids is 1. The number of nitro groups is 1. The van der Waals surface area contributed by atoms with Gasteiger partial charge in [-0.25, -0.2) is 9.48 Å². The lowest BCUT2D eigenvalue weighted by Gasteiger charge is -1.99. The van der Waals surface area contributed by atoms with Gasteiger partial charge in [-0.3, -0.25) is 14.8 Å². The van der Waals surface area contributed by atoms with E-state index in [9.17, 15) is 14.9 Å². The van der Waals surface area contributed by atoms with Gasteiger partial charge >= 0.3 is 11.7 Å². The maximum Gasteiger partial charge on any atom is 0.356 e. The molecular weight excluding hydrogens is 230 g/mol. The van der Waals surface area contributed by atoms with Crippen molar-refractivity contribution in [3.63, 3.8) is 0 Å². The van der Waals surface area contributed by atoms with Gasteiger partial charge in [0.05, 0.1) is 11.1 Å². The van der Waals surface area contributed by atoms with Crippen molar-refractivity contribution >= 4 is 11.7 Å². The fraction of sp³-hybridized carbons (Fsp3) is 0.125. The molecule has 9 heteroatoms. The van der Waals surface area contributed by atoms with Gasteiger partial charge in [-0.1, -0.05) is 0 Å². The average molecular weight is 237 g/mol. The summed E-state index contributed by atoms with van der Waals surface area (Å²) in [6.45, 7) is 0. The zero-order chi connectivity index (χ0) is 12.6. The van der Waals surface area contributed by atoms with Crippen LogP contribution in [0.25, 0.3) is 5.69 Å². The van der Waals surface area contributed by atoms with E-state index in [1.165, 1.54) is 13.2 Å². The highest BCUT2D eigenvalue weighted by Gasteiger charge is 2.19. The largest absolute Gasteiger partial charge is 0.476 e. The molecule has 0 spiro atoms. The van der Waals surface area contributed by atoms with Crippen LogP contribution in [-0.2, 0) is 7.05 Å². The highest BCUT2D eigenvalue weighted by atomic mass is 16.6. The molecule has 0 saturated carbocycles. The molecule has 88 valence electrons. The Bertz CT molecular complexity index is 599. The molecule has 0 aliphatic heterocycles. The van der Waals surface area contributed by atoms with Crippen molar-refractivity contribution in [2.45, 2.75) is 0 Å². The maximum absolute atomic E-state index is 11.0. The quantitative estimate of drug-likeness (QED) is 0.602. The first-order chi connectivity index (χ1) is 8.00. The Labute approximate surface area is 94.0 Å². The van der Waals surface area contributed by atoms with E-state index in [-0.39, 0.29) is 17.1 Å². The van der Waals surface area contributed by atoms with E-state index in [4.69, 9.17) is 5.11 Å². The number of rotatable bonds is 3. The third-order valence-electron chi connectivity index (χ3n) is 2.15. The van der Waals surface area contributed by atoms with Crippen molar-refractivity contribution in [1.82, 2.24) is 19.6 Å². The van der Waals surface area contributed by atoms with E-state index in [1.807, 2.05) is 0 Å². The van der Waals surface area contributed by atoms with E-state index in [2.05, 4.69) is 10.2 Å². The summed E-state index contributed by atoms with van der Waals surface area (Å²) in [6, 6.07) is 0. The van der Waals surface area contributed by atoms with Crippen LogP contribution in [0.15, 0.2) is 18.6 Å². The second-order valence-electron chi connectivity index (χ2n) is 3.21. The second kappa shape index (κ2) is 3.70. The topological polar surface area (TPSA) is 116 Å². The molecule has 0 atom stereocenters. The molecule has 0 bridgehead atoms. The summed E-state index contributed by atoms with van der Waals surface area (Å²) in [5, 5.41) is 27.0. The first-order valence-corrected chi connectivity index (χ1v) is 4.45. The first kappa shape index (κ1) is 10.8. The Balaban J connectivity index is 2.53. The number of carboxylic acids is 1. The van der Waals surface area contributed by atoms with Crippen molar-refractivity contribution in [2.24, 2.45) is 7.05 Å². The normalized spacial score (nSPS) is 10.4. The third kappa shape index (κ3) is 1.73. The highest BCUT2D eigenvalue weighted by molar-refractivity contribution is 5.89. The Morgan fingerprint density at radius 2 is 2.18 bits per heavy atom. The molecule has 0 fully saturated rings. The summed E-state index contributed by atoms with van der Waals surface area (Å²) >= 11 is 0. The predicted molar refractivity (Wildman–Crippen MR) is 53.9 cm³/mol. The SMILES string of the molecule is Cn1ncc(-n2cc([N+](=O)[O-])cn2)c1C(=O)O. The number of carboxylic acid groups (broad SMARTS) is 1. The van der Waals surface area contributed by atoms with Crippen molar-refractivity contribution in [1.29, 1.82) is 0 Å². The molecule has 0 radical (unpaired) electrons. The number of nitrogens with zero attached hydrogens (tertiary/aromatic N) is 5. The molecule has 0 saturated heterocycles. The minimum atomic E-state index is -1.18. The summed E-state index contributed by atoms with van der Waals surface area (Å²) in [5.74, 6) is -1.18. The van der Waals surface area contributed by atoms with Crippen LogP contribution >= 0.6 is 0 Å². The van der Waals surface area contributed by atoms with Gasteiger partial charge in [0.25, 0.3) is 0 Å². The van der Waals surface area contributed by atoms with Gasteiger partial charge in [-0.2, -0.15) is 10.2 Å². The van der Waals surface area contributed by atoms with Crippen molar-refractivity contribution < 1.29 is 14.8 Å². The van der Waals surface area contributed by atoms with Gasteiger partial charge in [0.1, 0.15) is 18.1 Å². The Hall–Kier alpha value is -2.71. The van der Waals surface area contributed by atoms with Crippen LogP contribution in [0.5, 0.6) is 0 Å². The van der Waals surface area contributed by atoms with Crippen molar-refractivity contribution in [3.05, 3.63) is 34.4 Å². The lowest BCUT2D eigenvalue weighted by molar-refractivity contribution is -0.384. The summed E-state index contributed by atoms with van der Waals surface area (Å²) < 4.78 is 2.26. The molecule has 1 N–H and O–H groups in total. The van der Waals surface area contributed by atoms with E-state index < -0.39 is 10.9 Å². The van der Waals surface area contributed by atoms with Crippen LogP contribution in [0.1, 0.15) is 10.5 Å². The lowest BCUT2D eigenvalue weighted by atomic mass is 10.3. The molecule has 0 aliphatic carbocycles. The molecule has 2 aromatic rings. The molecule has 9 nitrogen and oxygen atoms in total. The molecule has 0 aliphatic rings. The van der Waals surface area contributed by atoms with Crippen LogP contribution < -0.4 is 0 Å². The Morgan fingerprint density at radius 3 is 2.71 bits per heavy atom. The van der Waals surface area contributed by atoms with Gasteiger partial charge in [0.2, 0.25) is 0 Å². The molecule has 17 heavy (non-hydrogen) atoms. The Morgan fingerprint density at radius 1 is 1.47 bits per heavy atom.